The Bertz CT molecular complexity index is 654. The van der Waals surface area contributed by atoms with Crippen molar-refractivity contribution >= 4 is 11.9 Å². The van der Waals surface area contributed by atoms with Crippen molar-refractivity contribution in [3.8, 4) is 11.3 Å². The molecule has 2 aromatic rings. The third kappa shape index (κ3) is 3.75. The summed E-state index contributed by atoms with van der Waals surface area (Å²) in [5.41, 5.74) is 1.32. The molecule has 0 bridgehead atoms. The van der Waals surface area contributed by atoms with Crippen LogP contribution in [0.5, 0.6) is 0 Å². The zero-order valence-corrected chi connectivity index (χ0v) is 12.8. The first kappa shape index (κ1) is 15.8. The summed E-state index contributed by atoms with van der Waals surface area (Å²) in [4.78, 5) is 22.5. The Morgan fingerprint density at radius 1 is 1.14 bits per heavy atom. The fraction of sp³-hybridized carbons (Fsp3) is 0.294. The third-order valence-electron chi connectivity index (χ3n) is 3.05. The molecule has 0 amide bonds. The van der Waals surface area contributed by atoms with E-state index in [1.807, 2.05) is 0 Å². The van der Waals surface area contributed by atoms with Crippen LogP contribution in [0.15, 0.2) is 40.8 Å². The number of carbonyl (C=O) groups excluding carboxylic acids is 2. The molecule has 0 radical (unpaired) electrons. The van der Waals surface area contributed by atoms with Gasteiger partial charge in [-0.15, -0.1) is 0 Å². The molecule has 0 aliphatic heterocycles. The second-order valence-corrected chi connectivity index (χ2v) is 4.75. The smallest absolute Gasteiger partial charge is 0.338 e. The van der Waals surface area contributed by atoms with Gasteiger partial charge in [-0.3, -0.25) is 4.79 Å². The molecule has 0 aliphatic carbocycles. The molecule has 5 nitrogen and oxygen atoms in total. The van der Waals surface area contributed by atoms with E-state index in [-0.39, 0.29) is 11.9 Å². The van der Waals surface area contributed by atoms with Gasteiger partial charge in [0.05, 0.1) is 12.2 Å². The van der Waals surface area contributed by atoms with E-state index in [2.05, 4.69) is 0 Å². The van der Waals surface area contributed by atoms with E-state index in [4.69, 9.17) is 13.9 Å². The van der Waals surface area contributed by atoms with E-state index in [0.717, 1.165) is 5.56 Å². The molecular formula is C17H18O5. The molecule has 0 fully saturated rings. The van der Waals surface area contributed by atoms with Crippen LogP contribution in [0, 0.1) is 0 Å². The molecule has 0 unspecified atom stereocenters. The Morgan fingerprint density at radius 3 is 2.41 bits per heavy atom. The number of esters is 2. The van der Waals surface area contributed by atoms with E-state index in [9.17, 15) is 9.59 Å². The lowest BCUT2D eigenvalue weighted by Gasteiger charge is -2.08. The Morgan fingerprint density at radius 2 is 1.82 bits per heavy atom. The van der Waals surface area contributed by atoms with Crippen molar-refractivity contribution in [3.63, 3.8) is 0 Å². The summed E-state index contributed by atoms with van der Waals surface area (Å²) in [5, 5.41) is 0. The van der Waals surface area contributed by atoms with Crippen molar-refractivity contribution in [2.45, 2.75) is 26.9 Å². The third-order valence-corrected chi connectivity index (χ3v) is 3.05. The molecule has 1 aromatic heterocycles. The van der Waals surface area contributed by atoms with Crippen LogP contribution in [0.3, 0.4) is 0 Å². The molecule has 116 valence electrons. The fourth-order valence-electron chi connectivity index (χ4n) is 2.02. The van der Waals surface area contributed by atoms with Gasteiger partial charge in [0.15, 0.2) is 6.10 Å². The normalized spacial score (nSPS) is 11.8. The van der Waals surface area contributed by atoms with Crippen LogP contribution in [0.4, 0.5) is 0 Å². The van der Waals surface area contributed by atoms with Crippen molar-refractivity contribution in [1.29, 1.82) is 0 Å². The molecule has 0 spiro atoms. The van der Waals surface area contributed by atoms with E-state index < -0.39 is 6.10 Å². The average Bonchev–Trinajstić information content (AvgIpc) is 2.97. The SMILES string of the molecule is CCOC(=O)c1ccc(-c2ccc([C@@H](C)OC(C)=O)o2)cc1. The molecule has 1 aromatic carbocycles. The summed E-state index contributed by atoms with van der Waals surface area (Å²) in [6.45, 7) is 5.21. The minimum atomic E-state index is -0.440. The van der Waals surface area contributed by atoms with Crippen LogP contribution in [0.2, 0.25) is 0 Å². The molecule has 2 rings (SSSR count). The molecule has 5 heteroatoms. The second-order valence-electron chi connectivity index (χ2n) is 4.75. The molecule has 22 heavy (non-hydrogen) atoms. The maximum absolute atomic E-state index is 11.6. The van der Waals surface area contributed by atoms with Gasteiger partial charge in [0.25, 0.3) is 0 Å². The van der Waals surface area contributed by atoms with Gasteiger partial charge in [0.2, 0.25) is 0 Å². The molecule has 0 aliphatic rings. The molecular weight excluding hydrogens is 284 g/mol. The van der Waals surface area contributed by atoms with Crippen molar-refractivity contribution in [2.24, 2.45) is 0 Å². The predicted molar refractivity (Wildman–Crippen MR) is 80.3 cm³/mol. The largest absolute Gasteiger partial charge is 0.462 e. The van der Waals surface area contributed by atoms with E-state index in [1.54, 1.807) is 50.2 Å². The van der Waals surface area contributed by atoms with Crippen LogP contribution in [0.25, 0.3) is 11.3 Å². The lowest BCUT2D eigenvalue weighted by atomic mass is 10.1. The number of carbonyl (C=O) groups is 2. The van der Waals surface area contributed by atoms with Gasteiger partial charge in [-0.05, 0) is 38.1 Å². The number of hydrogen-bond donors (Lipinski definition) is 0. The van der Waals surface area contributed by atoms with Crippen LogP contribution in [-0.4, -0.2) is 18.5 Å². The lowest BCUT2D eigenvalue weighted by molar-refractivity contribution is -0.146. The maximum Gasteiger partial charge on any atom is 0.338 e. The summed E-state index contributed by atoms with van der Waals surface area (Å²) >= 11 is 0. The second kappa shape index (κ2) is 6.93. The average molecular weight is 302 g/mol. The zero-order valence-electron chi connectivity index (χ0n) is 12.8. The van der Waals surface area contributed by atoms with E-state index in [1.165, 1.54) is 6.92 Å². The highest BCUT2D eigenvalue weighted by atomic mass is 16.6. The fourth-order valence-corrected chi connectivity index (χ4v) is 2.02. The lowest BCUT2D eigenvalue weighted by Crippen LogP contribution is -2.04. The number of rotatable bonds is 5. The summed E-state index contributed by atoms with van der Waals surface area (Å²) in [6.07, 6.45) is -0.440. The molecule has 0 N–H and O–H groups in total. The first-order valence-corrected chi connectivity index (χ1v) is 7.05. The van der Waals surface area contributed by atoms with Gasteiger partial charge in [0.1, 0.15) is 11.5 Å². The summed E-state index contributed by atoms with van der Waals surface area (Å²) in [6, 6.07) is 10.5. The summed E-state index contributed by atoms with van der Waals surface area (Å²) in [5.74, 6) is 0.506. The Balaban J connectivity index is 2.14. The summed E-state index contributed by atoms with van der Waals surface area (Å²) in [7, 11) is 0. The van der Waals surface area contributed by atoms with Crippen molar-refractivity contribution in [1.82, 2.24) is 0 Å². The van der Waals surface area contributed by atoms with Crippen molar-refractivity contribution < 1.29 is 23.5 Å². The zero-order chi connectivity index (χ0) is 16.1. The van der Waals surface area contributed by atoms with Gasteiger partial charge in [0, 0.05) is 12.5 Å². The van der Waals surface area contributed by atoms with Gasteiger partial charge in [-0.1, -0.05) is 12.1 Å². The Kier molecular flexibility index (Phi) is 4.99. The molecule has 1 atom stereocenters. The maximum atomic E-state index is 11.6. The van der Waals surface area contributed by atoms with Crippen LogP contribution in [-0.2, 0) is 14.3 Å². The number of ether oxygens (including phenoxy) is 2. The van der Waals surface area contributed by atoms with Crippen molar-refractivity contribution in [2.75, 3.05) is 6.61 Å². The molecule has 0 saturated carbocycles. The topological polar surface area (TPSA) is 65.7 Å². The predicted octanol–water partition coefficient (Wildman–Crippen LogP) is 3.75. The highest BCUT2D eigenvalue weighted by molar-refractivity contribution is 5.89. The molecule has 0 saturated heterocycles. The Labute approximate surface area is 128 Å². The van der Waals surface area contributed by atoms with Crippen LogP contribution >= 0.6 is 0 Å². The van der Waals surface area contributed by atoms with Crippen LogP contribution < -0.4 is 0 Å². The molecule has 1 heterocycles. The standard InChI is InChI=1S/C17H18O5/c1-4-20-17(19)14-7-5-13(6-8-14)16-10-9-15(22-16)11(2)21-12(3)18/h5-11H,4H2,1-3H3/t11-/m1/s1. The first-order chi connectivity index (χ1) is 10.5. The monoisotopic (exact) mass is 302 g/mol. The summed E-state index contributed by atoms with van der Waals surface area (Å²) < 4.78 is 15.7. The van der Waals surface area contributed by atoms with Crippen LogP contribution in [0.1, 0.15) is 43.0 Å². The number of furan rings is 1. The Hall–Kier alpha value is -2.56. The minimum absolute atomic E-state index is 0.343. The minimum Gasteiger partial charge on any atom is -0.462 e. The number of hydrogen-bond acceptors (Lipinski definition) is 5. The highest BCUT2D eigenvalue weighted by Crippen LogP contribution is 2.27. The highest BCUT2D eigenvalue weighted by Gasteiger charge is 2.14. The van der Waals surface area contributed by atoms with Gasteiger partial charge >= 0.3 is 11.9 Å². The van der Waals surface area contributed by atoms with Gasteiger partial charge in [-0.25, -0.2) is 4.79 Å². The number of benzene rings is 1. The van der Waals surface area contributed by atoms with Gasteiger partial charge in [-0.2, -0.15) is 0 Å². The van der Waals surface area contributed by atoms with E-state index >= 15 is 0 Å². The quantitative estimate of drug-likeness (QED) is 0.787. The first-order valence-electron chi connectivity index (χ1n) is 7.05. The van der Waals surface area contributed by atoms with E-state index in [0.29, 0.717) is 23.7 Å². The van der Waals surface area contributed by atoms with Gasteiger partial charge < -0.3 is 13.9 Å². The van der Waals surface area contributed by atoms with Crippen molar-refractivity contribution in [3.05, 3.63) is 47.7 Å².